The third-order valence-corrected chi connectivity index (χ3v) is 6.13. The molecule has 1 aliphatic carbocycles. The number of amides is 1. The number of sulfonamides is 1. The van der Waals surface area contributed by atoms with Gasteiger partial charge in [0.2, 0.25) is 5.89 Å². The van der Waals surface area contributed by atoms with E-state index in [1.54, 1.807) is 0 Å². The van der Waals surface area contributed by atoms with Crippen LogP contribution in [0.3, 0.4) is 0 Å². The molecule has 8 nitrogen and oxygen atoms in total. The van der Waals surface area contributed by atoms with Crippen molar-refractivity contribution in [2.75, 3.05) is 4.72 Å². The molecule has 1 aliphatic rings. The molecule has 3 aromatic rings. The van der Waals surface area contributed by atoms with Crippen molar-refractivity contribution >= 4 is 33.2 Å². The first-order valence-electron chi connectivity index (χ1n) is 9.00. The van der Waals surface area contributed by atoms with Crippen LogP contribution in [0.1, 0.15) is 40.8 Å². The van der Waals surface area contributed by atoms with Crippen molar-refractivity contribution in [1.29, 1.82) is 0 Å². The quantitative estimate of drug-likeness (QED) is 0.569. The number of nitrogens with one attached hydrogen (secondary N) is 2. The predicted octanol–water partition coefficient (Wildman–Crippen LogP) is 3.47. The Labute approximate surface area is 176 Å². The van der Waals surface area contributed by atoms with Crippen LogP contribution < -0.4 is 10.0 Å². The summed E-state index contributed by atoms with van der Waals surface area (Å²) in [4.78, 5) is 16.5. The molecular formula is C19H16ClFN4O4S. The van der Waals surface area contributed by atoms with Gasteiger partial charge in [0, 0.05) is 11.5 Å². The average molecular weight is 451 g/mol. The van der Waals surface area contributed by atoms with Gasteiger partial charge in [0.1, 0.15) is 5.82 Å². The molecule has 0 radical (unpaired) electrons. The Hall–Kier alpha value is -2.98. The topological polar surface area (TPSA) is 114 Å². The summed E-state index contributed by atoms with van der Waals surface area (Å²) in [5.41, 5.74) is 0.195. The minimum Gasteiger partial charge on any atom is -0.343 e. The fourth-order valence-electron chi connectivity index (χ4n) is 2.67. The van der Waals surface area contributed by atoms with Crippen LogP contribution in [0.4, 0.5) is 10.1 Å². The maximum Gasteiger partial charge on any atom is 0.261 e. The monoisotopic (exact) mass is 450 g/mol. The Morgan fingerprint density at radius 2 is 1.93 bits per heavy atom. The number of nitrogens with zero attached hydrogens (tertiary/aromatic N) is 2. The van der Waals surface area contributed by atoms with Crippen molar-refractivity contribution in [3.63, 3.8) is 0 Å². The van der Waals surface area contributed by atoms with Gasteiger partial charge in [-0.3, -0.25) is 9.52 Å². The number of carbonyl (C=O) groups excluding carboxylic acids is 1. The molecular weight excluding hydrogens is 435 g/mol. The van der Waals surface area contributed by atoms with Crippen molar-refractivity contribution in [2.24, 2.45) is 0 Å². The highest BCUT2D eigenvalue weighted by Gasteiger charge is 2.28. The molecule has 1 fully saturated rings. The Balaban J connectivity index is 1.46. The summed E-state index contributed by atoms with van der Waals surface area (Å²) < 4.78 is 45.5. The molecule has 4 rings (SSSR count). The predicted molar refractivity (Wildman–Crippen MR) is 106 cm³/mol. The number of aromatic nitrogens is 2. The van der Waals surface area contributed by atoms with E-state index < -0.39 is 21.7 Å². The Kier molecular flexibility index (Phi) is 5.44. The molecule has 0 bridgehead atoms. The van der Waals surface area contributed by atoms with Gasteiger partial charge in [-0.2, -0.15) is 4.98 Å². The molecule has 2 N–H and O–H groups in total. The number of rotatable bonds is 7. The molecule has 0 unspecified atom stereocenters. The van der Waals surface area contributed by atoms with Crippen molar-refractivity contribution in [3.8, 4) is 0 Å². The van der Waals surface area contributed by atoms with E-state index in [0.29, 0.717) is 11.7 Å². The molecule has 1 heterocycles. The van der Waals surface area contributed by atoms with E-state index >= 15 is 0 Å². The van der Waals surface area contributed by atoms with Crippen LogP contribution >= 0.6 is 11.6 Å². The Morgan fingerprint density at radius 3 is 2.63 bits per heavy atom. The number of benzene rings is 2. The van der Waals surface area contributed by atoms with Gasteiger partial charge in [-0.25, -0.2) is 12.8 Å². The molecule has 1 saturated carbocycles. The highest BCUT2D eigenvalue weighted by atomic mass is 35.5. The maximum atomic E-state index is 13.1. The second-order valence-corrected chi connectivity index (χ2v) is 8.85. The lowest BCUT2D eigenvalue weighted by atomic mass is 10.2. The molecule has 11 heteroatoms. The lowest BCUT2D eigenvalue weighted by molar-refractivity contribution is 0.0946. The molecule has 0 spiro atoms. The van der Waals surface area contributed by atoms with Gasteiger partial charge in [0.25, 0.3) is 15.9 Å². The number of hydrogen-bond donors (Lipinski definition) is 2. The molecule has 1 aromatic heterocycles. The second kappa shape index (κ2) is 8.04. The van der Waals surface area contributed by atoms with E-state index in [1.807, 2.05) is 0 Å². The summed E-state index contributed by atoms with van der Waals surface area (Å²) in [5.74, 6) is 0.238. The SMILES string of the molecule is O=C(NCc1nc(C2CC2)no1)c1ccc(Cl)c(NS(=O)(=O)c2ccc(F)cc2)c1. The summed E-state index contributed by atoms with van der Waals surface area (Å²) in [6.45, 7) is 0.0395. The standard InChI is InChI=1S/C19H16ClFN4O4S/c20-15-8-3-12(19(26)22-10-17-23-18(24-29-17)11-1-2-11)9-16(15)25-30(27,28)14-6-4-13(21)5-7-14/h3-9,11,25H,1-2,10H2,(H,22,26). The number of halogens is 2. The van der Waals surface area contributed by atoms with E-state index in [1.165, 1.54) is 18.2 Å². The van der Waals surface area contributed by atoms with E-state index in [4.69, 9.17) is 16.1 Å². The average Bonchev–Trinajstić information content (AvgIpc) is 3.46. The molecule has 1 amide bonds. The van der Waals surface area contributed by atoms with Crippen LogP contribution in [0, 0.1) is 5.82 Å². The maximum absolute atomic E-state index is 13.1. The van der Waals surface area contributed by atoms with Crippen molar-refractivity contribution in [2.45, 2.75) is 30.2 Å². The number of carbonyl (C=O) groups is 1. The largest absolute Gasteiger partial charge is 0.343 e. The molecule has 2 aromatic carbocycles. The third kappa shape index (κ3) is 4.60. The Bertz CT molecular complexity index is 1190. The van der Waals surface area contributed by atoms with E-state index in [9.17, 15) is 17.6 Å². The second-order valence-electron chi connectivity index (χ2n) is 6.76. The smallest absolute Gasteiger partial charge is 0.261 e. The van der Waals surface area contributed by atoms with Gasteiger partial charge in [0.05, 0.1) is 22.2 Å². The number of anilines is 1. The summed E-state index contributed by atoms with van der Waals surface area (Å²) in [6, 6.07) is 8.49. The van der Waals surface area contributed by atoms with Crippen LogP contribution in [0.5, 0.6) is 0 Å². The molecule has 30 heavy (non-hydrogen) atoms. The van der Waals surface area contributed by atoms with E-state index in [-0.39, 0.29) is 33.6 Å². The van der Waals surface area contributed by atoms with Gasteiger partial charge in [-0.15, -0.1) is 0 Å². The molecule has 0 aliphatic heterocycles. The van der Waals surface area contributed by atoms with Crippen molar-refractivity contribution < 1.29 is 22.1 Å². The fraction of sp³-hybridized carbons (Fsp3) is 0.211. The zero-order chi connectivity index (χ0) is 21.3. The minimum absolute atomic E-state index is 0.0162. The molecule has 0 saturated heterocycles. The van der Waals surface area contributed by atoms with Gasteiger partial charge in [-0.1, -0.05) is 16.8 Å². The first-order chi connectivity index (χ1) is 14.3. The third-order valence-electron chi connectivity index (χ3n) is 4.42. The van der Waals surface area contributed by atoms with Crippen molar-refractivity contribution in [1.82, 2.24) is 15.5 Å². The summed E-state index contributed by atoms with van der Waals surface area (Å²) >= 11 is 6.08. The summed E-state index contributed by atoms with van der Waals surface area (Å²) in [7, 11) is -4.02. The van der Waals surface area contributed by atoms with Crippen molar-refractivity contribution in [3.05, 3.63) is 70.6 Å². The van der Waals surface area contributed by atoms with E-state index in [2.05, 4.69) is 20.2 Å². The molecule has 156 valence electrons. The number of hydrogen-bond acceptors (Lipinski definition) is 6. The van der Waals surface area contributed by atoms with Gasteiger partial charge >= 0.3 is 0 Å². The lowest BCUT2D eigenvalue weighted by Crippen LogP contribution is -2.23. The highest BCUT2D eigenvalue weighted by molar-refractivity contribution is 7.92. The zero-order valence-corrected chi connectivity index (χ0v) is 17.0. The first kappa shape index (κ1) is 20.3. The van der Waals surface area contributed by atoms with Crippen LogP contribution in [0.15, 0.2) is 51.9 Å². The van der Waals surface area contributed by atoms with Gasteiger partial charge in [-0.05, 0) is 55.3 Å². The van der Waals surface area contributed by atoms with E-state index in [0.717, 1.165) is 37.1 Å². The highest BCUT2D eigenvalue weighted by Crippen LogP contribution is 2.38. The minimum atomic E-state index is -4.02. The van der Waals surface area contributed by atoms with Crippen LogP contribution in [-0.4, -0.2) is 24.5 Å². The van der Waals surface area contributed by atoms with Crippen LogP contribution in [0.2, 0.25) is 5.02 Å². The van der Waals surface area contributed by atoms with Gasteiger partial charge in [0.15, 0.2) is 5.82 Å². The first-order valence-corrected chi connectivity index (χ1v) is 10.9. The summed E-state index contributed by atoms with van der Waals surface area (Å²) in [6.07, 6.45) is 2.07. The van der Waals surface area contributed by atoms with Crippen LogP contribution in [0.25, 0.3) is 0 Å². The Morgan fingerprint density at radius 1 is 1.20 bits per heavy atom. The van der Waals surface area contributed by atoms with Crippen LogP contribution in [-0.2, 0) is 16.6 Å². The normalized spacial score (nSPS) is 13.8. The summed E-state index contributed by atoms with van der Waals surface area (Å²) in [5, 5.41) is 6.61. The lowest BCUT2D eigenvalue weighted by Gasteiger charge is -2.11. The zero-order valence-electron chi connectivity index (χ0n) is 15.4. The fourth-order valence-corrected chi connectivity index (χ4v) is 3.96. The van der Waals surface area contributed by atoms with Gasteiger partial charge < -0.3 is 9.84 Å². The molecule has 0 atom stereocenters.